The summed E-state index contributed by atoms with van der Waals surface area (Å²) in [5.74, 6) is 0. The maximum atomic E-state index is 4.62. The summed E-state index contributed by atoms with van der Waals surface area (Å²) in [5, 5.41) is 13.1. The number of nitrogens with zero attached hydrogens (tertiary/aromatic N) is 7. The average molecular weight is 337 g/mol. The predicted octanol–water partition coefficient (Wildman–Crippen LogP) is 1.55. The lowest BCUT2D eigenvalue weighted by atomic mass is 10.1. The van der Waals surface area contributed by atoms with Crippen LogP contribution in [0.1, 0.15) is 0 Å². The second-order valence-corrected chi connectivity index (χ2v) is 7.06. The van der Waals surface area contributed by atoms with E-state index in [0.29, 0.717) is 6.67 Å². The minimum absolute atomic E-state index is 0.458. The van der Waals surface area contributed by atoms with Gasteiger partial charge in [0.15, 0.2) is 0 Å². The monoisotopic (exact) mass is 337 g/mol. The summed E-state index contributed by atoms with van der Waals surface area (Å²) >= 11 is 3.22. The van der Waals surface area contributed by atoms with Crippen LogP contribution in [0.25, 0.3) is 42.2 Å². The number of aromatic nitrogens is 5. The van der Waals surface area contributed by atoms with Gasteiger partial charge in [0.2, 0.25) is 0 Å². The van der Waals surface area contributed by atoms with Gasteiger partial charge in [0.25, 0.3) is 0 Å². The zero-order valence-electron chi connectivity index (χ0n) is 11.8. The number of benzene rings is 2. The summed E-state index contributed by atoms with van der Waals surface area (Å²) in [6.07, 6.45) is 0. The summed E-state index contributed by atoms with van der Waals surface area (Å²) in [6, 6.07) is 0. The standard InChI is InChI=1S/C14H7N7S2/c1-21-19-8-6-5(13-12(10(8)20-21)18-4-22-13)7-9(16-2-15-7)11-14(6)23-3-17-11/h3-4H,2H2,1H3. The second kappa shape index (κ2) is 3.87. The van der Waals surface area contributed by atoms with Gasteiger partial charge >= 0.3 is 0 Å². The van der Waals surface area contributed by atoms with Crippen molar-refractivity contribution in [1.29, 1.82) is 0 Å². The highest BCUT2D eigenvalue weighted by molar-refractivity contribution is 7.19. The molecule has 6 rings (SSSR count). The molecule has 0 unspecified atom stereocenters. The van der Waals surface area contributed by atoms with Crippen LogP contribution in [0.4, 0.5) is 0 Å². The third-order valence-electron chi connectivity index (χ3n) is 4.16. The molecule has 0 saturated carbocycles. The minimum Gasteiger partial charge on any atom is -0.259 e. The fourth-order valence-electron chi connectivity index (χ4n) is 3.31. The van der Waals surface area contributed by atoms with E-state index in [9.17, 15) is 0 Å². The van der Waals surface area contributed by atoms with Gasteiger partial charge in [-0.25, -0.2) is 9.97 Å². The smallest absolute Gasteiger partial charge is 0.141 e. The van der Waals surface area contributed by atoms with Gasteiger partial charge < -0.3 is 0 Å². The maximum Gasteiger partial charge on any atom is 0.141 e. The zero-order chi connectivity index (χ0) is 15.1. The van der Waals surface area contributed by atoms with E-state index in [1.54, 1.807) is 27.5 Å². The lowest BCUT2D eigenvalue weighted by Gasteiger charge is -2.02. The molecule has 0 atom stereocenters. The zero-order valence-corrected chi connectivity index (χ0v) is 13.4. The molecule has 110 valence electrons. The number of thiazole rings is 2. The van der Waals surface area contributed by atoms with E-state index in [4.69, 9.17) is 0 Å². The number of hydrogen-bond donors (Lipinski definition) is 0. The van der Waals surface area contributed by atoms with Crippen molar-refractivity contribution in [3.8, 4) is 0 Å². The average Bonchev–Trinajstić information content (AvgIpc) is 3.30. The largest absolute Gasteiger partial charge is 0.259 e. The molecule has 3 aromatic heterocycles. The van der Waals surface area contributed by atoms with Crippen LogP contribution in [0.3, 0.4) is 0 Å². The van der Waals surface area contributed by atoms with Gasteiger partial charge in [-0.3, -0.25) is 9.98 Å². The first-order chi connectivity index (χ1) is 11.3. The normalized spacial score (nSPS) is 14.0. The molecule has 0 fully saturated rings. The molecule has 4 heterocycles. The Kier molecular flexibility index (Phi) is 2.01. The molecule has 0 amide bonds. The summed E-state index contributed by atoms with van der Waals surface area (Å²) in [5.41, 5.74) is 7.21. The van der Waals surface area contributed by atoms with Gasteiger partial charge in [-0.15, -0.1) is 22.7 Å². The Morgan fingerprint density at radius 1 is 0.826 bits per heavy atom. The second-order valence-electron chi connectivity index (χ2n) is 5.35. The molecule has 0 bridgehead atoms. The predicted molar refractivity (Wildman–Crippen MR) is 89.6 cm³/mol. The van der Waals surface area contributed by atoms with Gasteiger partial charge in [-0.2, -0.15) is 15.0 Å². The summed E-state index contributed by atoms with van der Waals surface area (Å²) in [7, 11) is 1.83. The Morgan fingerprint density at radius 2 is 1.52 bits per heavy atom. The van der Waals surface area contributed by atoms with Crippen LogP contribution in [-0.2, 0) is 7.05 Å². The summed E-state index contributed by atoms with van der Waals surface area (Å²) in [6.45, 7) is 0.458. The third-order valence-corrected chi connectivity index (χ3v) is 5.84. The molecule has 7 nitrogen and oxygen atoms in total. The molecule has 0 spiro atoms. The first-order valence-corrected chi connectivity index (χ1v) is 8.73. The van der Waals surface area contributed by atoms with Crippen LogP contribution in [0, 0.1) is 0 Å². The van der Waals surface area contributed by atoms with Crippen LogP contribution < -0.4 is 10.7 Å². The molecule has 5 aromatic rings. The van der Waals surface area contributed by atoms with Crippen molar-refractivity contribution in [3.05, 3.63) is 21.7 Å². The van der Waals surface area contributed by atoms with Crippen LogP contribution in [0.5, 0.6) is 0 Å². The van der Waals surface area contributed by atoms with Crippen LogP contribution >= 0.6 is 22.7 Å². The molecule has 2 aromatic carbocycles. The Labute approximate surface area is 135 Å². The number of rotatable bonds is 0. The van der Waals surface area contributed by atoms with E-state index < -0.39 is 0 Å². The third kappa shape index (κ3) is 1.31. The van der Waals surface area contributed by atoms with Gasteiger partial charge in [-0.05, 0) is 0 Å². The fraction of sp³-hybridized carbons (Fsp3) is 0.143. The van der Waals surface area contributed by atoms with Crippen LogP contribution in [0.2, 0.25) is 0 Å². The van der Waals surface area contributed by atoms with E-state index in [1.807, 2.05) is 18.1 Å². The molecule has 0 saturated heterocycles. The molecule has 1 aliphatic rings. The quantitative estimate of drug-likeness (QED) is 0.429. The number of hydrogen-bond acceptors (Lipinski definition) is 8. The molecule has 23 heavy (non-hydrogen) atoms. The van der Waals surface area contributed by atoms with E-state index in [1.165, 1.54) is 0 Å². The van der Waals surface area contributed by atoms with Gasteiger partial charge in [0, 0.05) is 17.8 Å². The summed E-state index contributed by atoms with van der Waals surface area (Å²) in [4.78, 5) is 19.8. The fourth-order valence-corrected chi connectivity index (χ4v) is 4.99. The van der Waals surface area contributed by atoms with Gasteiger partial charge in [0.05, 0.1) is 25.8 Å². The van der Waals surface area contributed by atoms with E-state index in [-0.39, 0.29) is 0 Å². The van der Waals surface area contributed by atoms with Crippen molar-refractivity contribution < 1.29 is 0 Å². The van der Waals surface area contributed by atoms with E-state index >= 15 is 0 Å². The molecule has 0 radical (unpaired) electrons. The molecule has 9 heteroatoms. The van der Waals surface area contributed by atoms with Crippen molar-refractivity contribution >= 4 is 64.9 Å². The SMILES string of the molecule is Cn1nc2c3ncsc3c3c4c(c5ncsc5c3c2n1)=NCN=4. The Balaban J connectivity index is 2.17. The molecule has 1 aliphatic heterocycles. The highest BCUT2D eigenvalue weighted by Crippen LogP contribution is 2.37. The Bertz CT molecular complexity index is 1410. The highest BCUT2D eigenvalue weighted by atomic mass is 32.1. The highest BCUT2D eigenvalue weighted by Gasteiger charge is 2.22. The lowest BCUT2D eigenvalue weighted by Crippen LogP contribution is -2.24. The van der Waals surface area contributed by atoms with Crippen LogP contribution in [0.15, 0.2) is 21.0 Å². The Morgan fingerprint density at radius 3 is 2.39 bits per heavy atom. The van der Waals surface area contributed by atoms with Gasteiger partial charge in [-0.1, -0.05) is 0 Å². The topological polar surface area (TPSA) is 81.2 Å². The molecular formula is C14H7N7S2. The van der Waals surface area contributed by atoms with Crippen molar-refractivity contribution in [3.63, 3.8) is 0 Å². The van der Waals surface area contributed by atoms with Crippen LogP contribution in [-0.4, -0.2) is 31.6 Å². The van der Waals surface area contributed by atoms with Crippen molar-refractivity contribution in [2.45, 2.75) is 0 Å². The number of fused-ring (bicyclic) bond motifs is 11. The molecular weight excluding hydrogens is 330 g/mol. The van der Waals surface area contributed by atoms with Crippen molar-refractivity contribution in [1.82, 2.24) is 25.0 Å². The minimum atomic E-state index is 0.458. The lowest BCUT2D eigenvalue weighted by molar-refractivity contribution is 0.666. The van der Waals surface area contributed by atoms with E-state index in [2.05, 4.69) is 30.2 Å². The van der Waals surface area contributed by atoms with Crippen molar-refractivity contribution in [2.75, 3.05) is 6.67 Å². The van der Waals surface area contributed by atoms with E-state index in [0.717, 1.165) is 53.0 Å². The Hall–Kier alpha value is -2.52. The van der Waals surface area contributed by atoms with Crippen molar-refractivity contribution in [2.24, 2.45) is 17.0 Å². The molecule has 0 aliphatic carbocycles. The first-order valence-electron chi connectivity index (χ1n) is 6.97. The first kappa shape index (κ1) is 12.0. The van der Waals surface area contributed by atoms with Gasteiger partial charge in [0.1, 0.15) is 34.1 Å². The summed E-state index contributed by atoms with van der Waals surface area (Å²) < 4.78 is 2.20. The number of aryl methyl sites for hydroxylation is 1. The molecule has 0 N–H and O–H groups in total. The maximum absolute atomic E-state index is 4.62.